The van der Waals surface area contributed by atoms with E-state index < -0.39 is 0 Å². The van der Waals surface area contributed by atoms with Gasteiger partial charge in [-0.05, 0) is 51.2 Å². The molecular formula is C15H25NS. The van der Waals surface area contributed by atoms with Crippen LogP contribution in [0, 0.1) is 5.92 Å². The molecule has 0 amide bonds. The lowest BCUT2D eigenvalue weighted by atomic mass is 9.99. The van der Waals surface area contributed by atoms with Crippen LogP contribution in [0.4, 0.5) is 0 Å². The first kappa shape index (κ1) is 13.1. The second-order valence-corrected chi connectivity index (χ2v) is 6.58. The first-order valence-corrected chi connectivity index (χ1v) is 7.87. The molecule has 0 spiro atoms. The fourth-order valence-electron chi connectivity index (χ4n) is 2.89. The van der Waals surface area contributed by atoms with Crippen molar-refractivity contribution in [1.82, 2.24) is 5.32 Å². The van der Waals surface area contributed by atoms with Crippen molar-refractivity contribution in [3.05, 3.63) is 21.9 Å². The Hall–Kier alpha value is -0.340. The second-order valence-electron chi connectivity index (χ2n) is 5.38. The summed E-state index contributed by atoms with van der Waals surface area (Å²) in [5, 5.41) is 3.79. The first-order valence-electron chi connectivity index (χ1n) is 7.05. The molecule has 0 aliphatic heterocycles. The summed E-state index contributed by atoms with van der Waals surface area (Å²) in [5.41, 5.74) is 0. The molecule has 2 unspecified atom stereocenters. The van der Waals surface area contributed by atoms with Gasteiger partial charge in [0.2, 0.25) is 0 Å². The van der Waals surface area contributed by atoms with Crippen molar-refractivity contribution < 1.29 is 0 Å². The van der Waals surface area contributed by atoms with Crippen LogP contribution in [0.1, 0.15) is 62.3 Å². The van der Waals surface area contributed by atoms with Gasteiger partial charge >= 0.3 is 0 Å². The highest BCUT2D eigenvalue weighted by Gasteiger charge is 2.23. The highest BCUT2D eigenvalue weighted by Crippen LogP contribution is 2.30. The summed E-state index contributed by atoms with van der Waals surface area (Å²) in [6, 6.07) is 5.75. The average molecular weight is 251 g/mol. The summed E-state index contributed by atoms with van der Waals surface area (Å²) in [7, 11) is 0. The highest BCUT2D eigenvalue weighted by molar-refractivity contribution is 7.12. The summed E-state index contributed by atoms with van der Waals surface area (Å²) < 4.78 is 0. The third-order valence-electron chi connectivity index (χ3n) is 4.08. The van der Waals surface area contributed by atoms with Crippen molar-refractivity contribution >= 4 is 11.3 Å². The van der Waals surface area contributed by atoms with Gasteiger partial charge in [-0.25, -0.2) is 0 Å². The second kappa shape index (κ2) is 6.01. The fourth-order valence-corrected chi connectivity index (χ4v) is 3.85. The van der Waals surface area contributed by atoms with E-state index in [0.717, 1.165) is 12.3 Å². The van der Waals surface area contributed by atoms with Crippen molar-refractivity contribution in [2.24, 2.45) is 5.92 Å². The number of rotatable bonds is 5. The molecule has 2 rings (SSSR count). The lowest BCUT2D eigenvalue weighted by molar-refractivity contribution is 0.354. The molecule has 1 aliphatic rings. The van der Waals surface area contributed by atoms with Crippen molar-refractivity contribution in [3.8, 4) is 0 Å². The Kier molecular flexibility index (Phi) is 4.63. The van der Waals surface area contributed by atoms with E-state index in [1.165, 1.54) is 35.4 Å². The van der Waals surface area contributed by atoms with E-state index in [2.05, 4.69) is 38.2 Å². The number of nitrogens with one attached hydrogen (secondary N) is 1. The van der Waals surface area contributed by atoms with Gasteiger partial charge in [0.15, 0.2) is 0 Å². The van der Waals surface area contributed by atoms with Crippen LogP contribution >= 0.6 is 11.3 Å². The number of aryl methyl sites for hydroxylation is 1. The molecule has 1 fully saturated rings. The van der Waals surface area contributed by atoms with Gasteiger partial charge < -0.3 is 5.32 Å². The third-order valence-corrected chi connectivity index (χ3v) is 5.49. The maximum atomic E-state index is 3.79. The number of hydrogen-bond donors (Lipinski definition) is 1. The quantitative estimate of drug-likeness (QED) is 0.810. The van der Waals surface area contributed by atoms with Gasteiger partial charge in [-0.2, -0.15) is 0 Å². The fraction of sp³-hybridized carbons (Fsp3) is 0.733. The van der Waals surface area contributed by atoms with Crippen LogP contribution in [-0.2, 0) is 6.42 Å². The predicted octanol–water partition coefficient (Wildman–Crippen LogP) is 4.54. The Morgan fingerprint density at radius 1 is 1.29 bits per heavy atom. The number of thiophene rings is 1. The van der Waals surface area contributed by atoms with Crippen LogP contribution in [0.15, 0.2) is 12.1 Å². The van der Waals surface area contributed by atoms with Crippen molar-refractivity contribution in [3.63, 3.8) is 0 Å². The molecule has 0 bridgehead atoms. The Bertz CT molecular complexity index is 338. The zero-order valence-electron chi connectivity index (χ0n) is 11.3. The largest absolute Gasteiger partial charge is 0.307 e. The number of hydrogen-bond acceptors (Lipinski definition) is 2. The minimum atomic E-state index is 0.510. The van der Waals surface area contributed by atoms with E-state index in [0.29, 0.717) is 12.1 Å². The predicted molar refractivity (Wildman–Crippen MR) is 76.7 cm³/mol. The van der Waals surface area contributed by atoms with Crippen LogP contribution in [0.5, 0.6) is 0 Å². The van der Waals surface area contributed by atoms with E-state index in [1.807, 2.05) is 11.3 Å². The molecule has 2 heteroatoms. The molecule has 0 saturated heterocycles. The zero-order chi connectivity index (χ0) is 12.3. The maximum absolute atomic E-state index is 3.79. The summed E-state index contributed by atoms with van der Waals surface area (Å²) in [6.45, 7) is 6.90. The van der Waals surface area contributed by atoms with Gasteiger partial charge in [-0.15, -0.1) is 11.3 Å². The first-order chi connectivity index (χ1) is 8.20. The summed E-state index contributed by atoms with van der Waals surface area (Å²) >= 11 is 1.96. The van der Waals surface area contributed by atoms with E-state index in [4.69, 9.17) is 0 Å². The SMILES string of the molecule is CCc1ccc(C(C)NC(C)C2CCCC2)s1. The van der Waals surface area contributed by atoms with Gasteiger partial charge in [0, 0.05) is 21.8 Å². The molecule has 0 aromatic carbocycles. The molecule has 1 aromatic heterocycles. The molecule has 1 N–H and O–H groups in total. The van der Waals surface area contributed by atoms with E-state index in [1.54, 1.807) is 0 Å². The molecule has 1 nitrogen and oxygen atoms in total. The van der Waals surface area contributed by atoms with Crippen LogP contribution in [0.2, 0.25) is 0 Å². The van der Waals surface area contributed by atoms with Crippen molar-refractivity contribution in [2.45, 2.75) is 65.0 Å². The average Bonchev–Trinajstić information content (AvgIpc) is 3.00. The molecule has 96 valence electrons. The van der Waals surface area contributed by atoms with Gasteiger partial charge in [-0.1, -0.05) is 19.8 Å². The zero-order valence-corrected chi connectivity index (χ0v) is 12.1. The maximum Gasteiger partial charge on any atom is 0.0388 e. The van der Waals surface area contributed by atoms with Crippen LogP contribution in [-0.4, -0.2) is 6.04 Å². The summed E-state index contributed by atoms with van der Waals surface area (Å²) in [5.74, 6) is 0.906. The molecule has 1 saturated carbocycles. The van der Waals surface area contributed by atoms with Gasteiger partial charge in [0.1, 0.15) is 0 Å². The van der Waals surface area contributed by atoms with Gasteiger partial charge in [0.25, 0.3) is 0 Å². The Labute approximate surface area is 110 Å². The summed E-state index contributed by atoms with van der Waals surface area (Å²) in [6.07, 6.45) is 6.88. The molecule has 0 radical (unpaired) electrons. The van der Waals surface area contributed by atoms with Gasteiger partial charge in [0.05, 0.1) is 0 Å². The topological polar surface area (TPSA) is 12.0 Å². The van der Waals surface area contributed by atoms with E-state index in [-0.39, 0.29) is 0 Å². The molecule has 1 aromatic rings. The molecule has 1 aliphatic carbocycles. The van der Waals surface area contributed by atoms with Crippen LogP contribution < -0.4 is 5.32 Å². The molecule has 2 atom stereocenters. The third kappa shape index (κ3) is 3.32. The smallest absolute Gasteiger partial charge is 0.0388 e. The molecule has 1 heterocycles. The standard InChI is InChI=1S/C15H25NS/c1-4-14-9-10-15(17-14)12(3)16-11(2)13-7-5-6-8-13/h9-13,16H,4-8H2,1-3H3. The molecular weight excluding hydrogens is 226 g/mol. The normalized spacial score (nSPS) is 20.6. The Morgan fingerprint density at radius 3 is 2.59 bits per heavy atom. The summed E-state index contributed by atoms with van der Waals surface area (Å²) in [4.78, 5) is 2.99. The lowest BCUT2D eigenvalue weighted by Crippen LogP contribution is -2.33. The van der Waals surface area contributed by atoms with Crippen molar-refractivity contribution in [1.29, 1.82) is 0 Å². The molecule has 17 heavy (non-hydrogen) atoms. The highest BCUT2D eigenvalue weighted by atomic mass is 32.1. The van der Waals surface area contributed by atoms with Crippen LogP contribution in [0.25, 0.3) is 0 Å². The minimum Gasteiger partial charge on any atom is -0.307 e. The Morgan fingerprint density at radius 2 is 2.00 bits per heavy atom. The van der Waals surface area contributed by atoms with Crippen molar-refractivity contribution in [2.75, 3.05) is 0 Å². The van der Waals surface area contributed by atoms with E-state index >= 15 is 0 Å². The monoisotopic (exact) mass is 251 g/mol. The minimum absolute atomic E-state index is 0.510. The lowest BCUT2D eigenvalue weighted by Gasteiger charge is -2.24. The Balaban J connectivity index is 1.89. The van der Waals surface area contributed by atoms with E-state index in [9.17, 15) is 0 Å². The van der Waals surface area contributed by atoms with Crippen LogP contribution in [0.3, 0.4) is 0 Å². The van der Waals surface area contributed by atoms with Gasteiger partial charge in [-0.3, -0.25) is 0 Å².